The molecule has 23 heavy (non-hydrogen) atoms. The lowest BCUT2D eigenvalue weighted by molar-refractivity contribution is -0.906. The third-order valence-corrected chi connectivity index (χ3v) is 5.67. The third kappa shape index (κ3) is 3.05. The second kappa shape index (κ2) is 6.51. The molecule has 0 bridgehead atoms. The molecule has 2 aliphatic heterocycles. The van der Waals surface area contributed by atoms with Gasteiger partial charge in [0.2, 0.25) is 0 Å². The highest BCUT2D eigenvalue weighted by molar-refractivity contribution is 5.80. The molecule has 5 atom stereocenters. The average molecular weight is 328 g/mol. The maximum absolute atomic E-state index is 12.5. The van der Waals surface area contributed by atoms with Crippen LogP contribution in [0.4, 0.5) is 0 Å². The Morgan fingerprint density at radius 2 is 2.13 bits per heavy atom. The van der Waals surface area contributed by atoms with Crippen LogP contribution in [0.25, 0.3) is 0 Å². The molecule has 0 radical (unpaired) electrons. The lowest BCUT2D eigenvalue weighted by Gasteiger charge is -2.35. The Labute approximate surface area is 138 Å². The number of hydrogen-bond donors (Lipinski definition) is 2. The van der Waals surface area contributed by atoms with E-state index in [0.717, 1.165) is 29.6 Å². The van der Waals surface area contributed by atoms with Gasteiger partial charge in [0.05, 0.1) is 26.2 Å². The van der Waals surface area contributed by atoms with Crippen molar-refractivity contribution in [2.24, 2.45) is 5.92 Å². The Morgan fingerprint density at radius 3 is 2.70 bits per heavy atom. The van der Waals surface area contributed by atoms with Crippen LogP contribution in [0.1, 0.15) is 27.2 Å². The normalized spacial score (nSPS) is 34.0. The van der Waals surface area contributed by atoms with Crippen molar-refractivity contribution in [2.45, 2.75) is 51.0 Å². The van der Waals surface area contributed by atoms with Crippen molar-refractivity contribution in [1.29, 1.82) is 0 Å². The summed E-state index contributed by atoms with van der Waals surface area (Å²) in [4.78, 5) is 12.5. The number of aliphatic hydroxyl groups excluding tert-OH is 1. The number of nitrogens with zero attached hydrogens (tertiary/aromatic N) is 1. The van der Waals surface area contributed by atoms with Crippen LogP contribution in [-0.4, -0.2) is 78.4 Å². The van der Waals surface area contributed by atoms with Gasteiger partial charge in [0, 0.05) is 19.1 Å². The highest BCUT2D eigenvalue weighted by atomic mass is 16.6. The summed E-state index contributed by atoms with van der Waals surface area (Å²) in [6.45, 7) is 7.07. The molecule has 2 rings (SSSR count). The summed E-state index contributed by atoms with van der Waals surface area (Å²) in [6, 6.07) is -0.00482. The summed E-state index contributed by atoms with van der Waals surface area (Å²) >= 11 is 0. The minimum atomic E-state index is -1.68. The van der Waals surface area contributed by atoms with Crippen molar-refractivity contribution in [2.75, 3.05) is 33.9 Å². The molecule has 0 saturated carbocycles. The van der Waals surface area contributed by atoms with E-state index in [2.05, 4.69) is 13.1 Å². The summed E-state index contributed by atoms with van der Waals surface area (Å²) < 4.78 is 11.4. The third-order valence-electron chi connectivity index (χ3n) is 5.67. The number of ether oxygens (including phenoxy) is 2. The zero-order valence-electron chi connectivity index (χ0n) is 14.8. The lowest BCUT2D eigenvalue weighted by atomic mass is 9.85. The number of quaternary nitrogens is 1. The maximum atomic E-state index is 12.5. The zero-order chi connectivity index (χ0) is 17.4. The fourth-order valence-corrected chi connectivity index (χ4v) is 3.90. The average Bonchev–Trinajstić information content (AvgIpc) is 2.99. The molecule has 0 amide bonds. The van der Waals surface area contributed by atoms with Gasteiger partial charge in [0.25, 0.3) is 0 Å². The molecule has 2 heterocycles. The van der Waals surface area contributed by atoms with Crippen LogP contribution in [0, 0.1) is 5.92 Å². The predicted molar refractivity (Wildman–Crippen MR) is 85.6 cm³/mol. The molecule has 2 N–H and O–H groups in total. The van der Waals surface area contributed by atoms with Crippen LogP contribution in [0.15, 0.2) is 11.6 Å². The maximum Gasteiger partial charge on any atom is 0.341 e. The second-order valence-corrected chi connectivity index (χ2v) is 7.40. The van der Waals surface area contributed by atoms with Gasteiger partial charge in [-0.05, 0) is 18.9 Å². The summed E-state index contributed by atoms with van der Waals surface area (Å²) in [5, 5.41) is 20.9. The van der Waals surface area contributed by atoms with Crippen molar-refractivity contribution >= 4 is 5.97 Å². The van der Waals surface area contributed by atoms with E-state index in [-0.39, 0.29) is 18.6 Å². The fraction of sp³-hybridized carbons (Fsp3) is 0.824. The van der Waals surface area contributed by atoms with Crippen molar-refractivity contribution < 1.29 is 29.0 Å². The molecule has 1 fully saturated rings. The van der Waals surface area contributed by atoms with Crippen molar-refractivity contribution in [3.05, 3.63) is 11.6 Å². The van der Waals surface area contributed by atoms with E-state index in [1.165, 1.54) is 7.11 Å². The minimum absolute atomic E-state index is 0.00482. The summed E-state index contributed by atoms with van der Waals surface area (Å²) in [5.41, 5.74) is -0.734. The summed E-state index contributed by atoms with van der Waals surface area (Å²) in [5.74, 6) is -1.00. The van der Waals surface area contributed by atoms with Crippen LogP contribution in [0.3, 0.4) is 0 Å². The monoisotopic (exact) mass is 328 g/mol. The van der Waals surface area contributed by atoms with Crippen LogP contribution >= 0.6 is 0 Å². The van der Waals surface area contributed by atoms with E-state index in [4.69, 9.17) is 9.47 Å². The van der Waals surface area contributed by atoms with E-state index in [1.807, 2.05) is 0 Å². The number of carbonyl (C=O) groups excluding carboxylic acids is 1. The Balaban J connectivity index is 2.04. The first kappa shape index (κ1) is 18.4. The largest absolute Gasteiger partial charge is 0.459 e. The molecule has 2 aliphatic rings. The summed E-state index contributed by atoms with van der Waals surface area (Å²) in [7, 11) is 3.58. The topological polar surface area (TPSA) is 76.0 Å². The quantitative estimate of drug-likeness (QED) is 0.421. The fourth-order valence-electron chi connectivity index (χ4n) is 3.90. The number of aliphatic hydroxyl groups is 2. The Kier molecular flexibility index (Phi) is 5.21. The molecular formula is C17H30NO5+. The minimum Gasteiger partial charge on any atom is -0.459 e. The van der Waals surface area contributed by atoms with Gasteiger partial charge in [-0.1, -0.05) is 13.8 Å². The number of carbonyl (C=O) groups is 1. The van der Waals surface area contributed by atoms with Crippen molar-refractivity contribution in [3.8, 4) is 0 Å². The van der Waals surface area contributed by atoms with Crippen LogP contribution in [0.2, 0.25) is 0 Å². The molecule has 0 aliphatic carbocycles. The Morgan fingerprint density at radius 1 is 1.48 bits per heavy atom. The molecular weight excluding hydrogens is 298 g/mol. The van der Waals surface area contributed by atoms with E-state index in [0.29, 0.717) is 0 Å². The molecule has 6 nitrogen and oxygen atoms in total. The van der Waals surface area contributed by atoms with E-state index in [1.54, 1.807) is 20.8 Å². The smallest absolute Gasteiger partial charge is 0.341 e. The van der Waals surface area contributed by atoms with Crippen LogP contribution < -0.4 is 0 Å². The van der Waals surface area contributed by atoms with Crippen LogP contribution in [0.5, 0.6) is 0 Å². The van der Waals surface area contributed by atoms with Gasteiger partial charge >= 0.3 is 5.97 Å². The highest BCUT2D eigenvalue weighted by Gasteiger charge is 2.51. The van der Waals surface area contributed by atoms with Crippen LogP contribution in [-0.2, 0) is 14.3 Å². The van der Waals surface area contributed by atoms with E-state index >= 15 is 0 Å². The first-order valence-electron chi connectivity index (χ1n) is 8.30. The van der Waals surface area contributed by atoms with Gasteiger partial charge in [-0.2, -0.15) is 0 Å². The highest BCUT2D eigenvalue weighted by Crippen LogP contribution is 2.35. The predicted octanol–water partition coefficient (Wildman–Crippen LogP) is 0.471. The number of methoxy groups -OCH3 is 1. The number of likely N-dealkylation sites (N-methyl/N-ethyl adjacent to an activating group) is 1. The molecule has 6 heteroatoms. The number of hydrogen-bond acceptors (Lipinski definition) is 5. The second-order valence-electron chi connectivity index (χ2n) is 7.40. The lowest BCUT2D eigenvalue weighted by Crippen LogP contribution is -2.54. The van der Waals surface area contributed by atoms with Gasteiger partial charge in [-0.3, -0.25) is 0 Å². The first-order valence-corrected chi connectivity index (χ1v) is 8.30. The molecule has 2 unspecified atom stereocenters. The van der Waals surface area contributed by atoms with E-state index < -0.39 is 23.8 Å². The molecule has 132 valence electrons. The van der Waals surface area contributed by atoms with E-state index in [9.17, 15) is 15.0 Å². The van der Waals surface area contributed by atoms with Gasteiger partial charge in [-0.15, -0.1) is 0 Å². The Bertz CT molecular complexity index is 491. The molecule has 0 spiro atoms. The molecule has 0 aromatic rings. The van der Waals surface area contributed by atoms with Gasteiger partial charge < -0.3 is 24.2 Å². The van der Waals surface area contributed by atoms with Crippen molar-refractivity contribution in [1.82, 2.24) is 0 Å². The zero-order valence-corrected chi connectivity index (χ0v) is 14.8. The number of fused-ring (bicyclic) bond motifs is 1. The first-order chi connectivity index (χ1) is 10.7. The summed E-state index contributed by atoms with van der Waals surface area (Å²) in [6.07, 6.45) is 1.76. The molecule has 0 aromatic carbocycles. The molecule has 0 aromatic heterocycles. The van der Waals surface area contributed by atoms with Crippen molar-refractivity contribution in [3.63, 3.8) is 0 Å². The van der Waals surface area contributed by atoms with Gasteiger partial charge in [-0.25, -0.2) is 4.79 Å². The van der Waals surface area contributed by atoms with Gasteiger partial charge in [0.15, 0.2) is 5.60 Å². The number of esters is 1. The SMILES string of the molecule is COC(C)[C@](O)(C(=O)OCC1=CC[N+]2(C)CC[C@@H](O)[C@@H]12)C(C)C. The molecule has 1 saturated heterocycles. The van der Waals surface area contributed by atoms with Gasteiger partial charge in [0.1, 0.15) is 18.8 Å². The Hall–Kier alpha value is -0.950. The standard InChI is InChI=1S/C17H30NO5/c1-11(2)17(21,12(3)22-5)16(20)23-10-13-6-8-18(4)9-7-14(19)15(13)18/h6,11-12,14-15,19,21H,7-10H2,1-5H3/q+1/t12?,14-,15-,17+,18?/m1/s1. The number of rotatable bonds is 6.